The van der Waals surface area contributed by atoms with E-state index in [1.54, 1.807) is 13.0 Å². The van der Waals surface area contributed by atoms with E-state index in [1.165, 1.54) is 24.6 Å². The van der Waals surface area contributed by atoms with Crippen molar-refractivity contribution in [3.63, 3.8) is 0 Å². The van der Waals surface area contributed by atoms with Crippen molar-refractivity contribution in [2.24, 2.45) is 5.92 Å². The fraction of sp³-hybridized carbons (Fsp3) is 0.688. The monoisotopic (exact) mass is 341 g/mol. The first kappa shape index (κ1) is 19.5. The molecule has 0 saturated heterocycles. The number of nitrogens with zero attached hydrogens (tertiary/aromatic N) is 1. The number of thioether (sulfide) groups is 1. The predicted octanol–water partition coefficient (Wildman–Crippen LogP) is 2.99. The lowest BCUT2D eigenvalue weighted by Crippen LogP contribution is -2.31. The third kappa shape index (κ3) is 8.64. The third-order valence-corrected chi connectivity index (χ3v) is 4.43. The van der Waals surface area contributed by atoms with Gasteiger partial charge in [-0.15, -0.1) is 11.8 Å². The molecule has 1 heterocycles. The summed E-state index contributed by atoms with van der Waals surface area (Å²) in [4.78, 5) is 23.5. The molecule has 23 heavy (non-hydrogen) atoms. The Morgan fingerprint density at radius 1 is 1.30 bits per heavy atom. The molecule has 0 bridgehead atoms. The molecule has 0 aliphatic carbocycles. The molecule has 0 spiro atoms. The lowest BCUT2D eigenvalue weighted by Gasteiger charge is -2.15. The first-order valence-corrected chi connectivity index (χ1v) is 9.28. The van der Waals surface area contributed by atoms with Crippen LogP contribution in [0.2, 0.25) is 0 Å². The van der Waals surface area contributed by atoms with Crippen LogP contribution in [0.15, 0.2) is 10.6 Å². The van der Waals surface area contributed by atoms with Crippen LogP contribution in [0.3, 0.4) is 0 Å². The Bertz CT molecular complexity index is 491. The van der Waals surface area contributed by atoms with Gasteiger partial charge in [-0.2, -0.15) is 0 Å². The number of anilines is 1. The van der Waals surface area contributed by atoms with Gasteiger partial charge in [-0.05, 0) is 19.3 Å². The zero-order chi connectivity index (χ0) is 17.1. The van der Waals surface area contributed by atoms with Crippen molar-refractivity contribution in [2.45, 2.75) is 46.5 Å². The van der Waals surface area contributed by atoms with Gasteiger partial charge in [-0.3, -0.25) is 9.59 Å². The Morgan fingerprint density at radius 3 is 2.65 bits per heavy atom. The van der Waals surface area contributed by atoms with Crippen LogP contribution in [0.1, 0.15) is 45.3 Å². The first-order valence-electron chi connectivity index (χ1n) is 8.12. The van der Waals surface area contributed by atoms with Gasteiger partial charge in [0.25, 0.3) is 0 Å². The molecule has 0 aliphatic rings. The fourth-order valence-electron chi connectivity index (χ4n) is 2.09. The van der Waals surface area contributed by atoms with E-state index in [-0.39, 0.29) is 23.3 Å². The van der Waals surface area contributed by atoms with Crippen LogP contribution in [-0.4, -0.2) is 35.0 Å². The van der Waals surface area contributed by atoms with E-state index >= 15 is 0 Å². The number of aryl methyl sites for hydroxylation is 1. The SMILES string of the molecule is CCCCC(CC)CNC(=O)CSCC(=O)Nc1cc(C)on1. The number of carbonyl (C=O) groups is 2. The Kier molecular flexibility index (Phi) is 9.43. The molecule has 2 N–H and O–H groups in total. The molecule has 0 radical (unpaired) electrons. The minimum absolute atomic E-state index is 0.0185. The molecule has 1 aromatic rings. The molecular formula is C16H27N3O3S. The minimum atomic E-state index is -0.189. The van der Waals surface area contributed by atoms with Gasteiger partial charge in [0.15, 0.2) is 5.82 Å². The number of hydrogen-bond acceptors (Lipinski definition) is 5. The number of unbranched alkanes of at least 4 members (excludes halogenated alkanes) is 1. The Balaban J connectivity index is 2.14. The highest BCUT2D eigenvalue weighted by Gasteiger charge is 2.10. The standard InChI is InChI=1S/C16H27N3O3S/c1-4-6-7-13(5-2)9-17-15(20)10-23-11-16(21)18-14-8-12(3)22-19-14/h8,13H,4-7,9-11H2,1-3H3,(H,17,20)(H,18,19,21). The highest BCUT2D eigenvalue weighted by Crippen LogP contribution is 2.11. The minimum Gasteiger partial charge on any atom is -0.360 e. The molecule has 1 atom stereocenters. The number of rotatable bonds is 11. The lowest BCUT2D eigenvalue weighted by atomic mass is 9.99. The van der Waals surface area contributed by atoms with E-state index in [1.807, 2.05) is 0 Å². The van der Waals surface area contributed by atoms with Gasteiger partial charge in [0.05, 0.1) is 11.5 Å². The number of hydrogen-bond donors (Lipinski definition) is 2. The molecule has 6 nitrogen and oxygen atoms in total. The van der Waals surface area contributed by atoms with Crippen LogP contribution in [0.25, 0.3) is 0 Å². The van der Waals surface area contributed by atoms with E-state index in [0.29, 0.717) is 17.5 Å². The van der Waals surface area contributed by atoms with E-state index in [4.69, 9.17) is 4.52 Å². The van der Waals surface area contributed by atoms with E-state index in [9.17, 15) is 9.59 Å². The summed E-state index contributed by atoms with van der Waals surface area (Å²) in [5, 5.41) is 9.26. The van der Waals surface area contributed by atoms with Crippen molar-refractivity contribution in [3.8, 4) is 0 Å². The summed E-state index contributed by atoms with van der Waals surface area (Å²) in [6.07, 6.45) is 4.61. The van der Waals surface area contributed by atoms with E-state index in [0.717, 1.165) is 19.4 Å². The van der Waals surface area contributed by atoms with Gasteiger partial charge in [0.1, 0.15) is 5.76 Å². The summed E-state index contributed by atoms with van der Waals surface area (Å²) < 4.78 is 4.87. The summed E-state index contributed by atoms with van der Waals surface area (Å²) >= 11 is 1.29. The highest BCUT2D eigenvalue weighted by molar-refractivity contribution is 8.00. The van der Waals surface area contributed by atoms with Gasteiger partial charge in [-0.1, -0.05) is 38.3 Å². The molecule has 0 aromatic carbocycles. The second-order valence-electron chi connectivity index (χ2n) is 5.58. The lowest BCUT2D eigenvalue weighted by molar-refractivity contribution is -0.118. The topological polar surface area (TPSA) is 84.2 Å². The van der Waals surface area contributed by atoms with Crippen LogP contribution < -0.4 is 10.6 Å². The van der Waals surface area contributed by atoms with Crippen molar-refractivity contribution in [1.82, 2.24) is 10.5 Å². The Hall–Kier alpha value is -1.50. The Morgan fingerprint density at radius 2 is 2.04 bits per heavy atom. The first-order chi connectivity index (χ1) is 11.0. The van der Waals surface area contributed by atoms with Gasteiger partial charge in [0.2, 0.25) is 11.8 Å². The quantitative estimate of drug-likeness (QED) is 0.646. The predicted molar refractivity (Wildman–Crippen MR) is 93.5 cm³/mol. The zero-order valence-electron chi connectivity index (χ0n) is 14.2. The van der Waals surface area contributed by atoms with E-state index in [2.05, 4.69) is 29.6 Å². The van der Waals surface area contributed by atoms with Crippen LogP contribution in [0, 0.1) is 12.8 Å². The smallest absolute Gasteiger partial charge is 0.235 e. The summed E-state index contributed by atoms with van der Waals surface area (Å²) in [5.74, 6) is 1.88. The number of aromatic nitrogens is 1. The maximum Gasteiger partial charge on any atom is 0.235 e. The molecule has 2 amide bonds. The van der Waals surface area contributed by atoms with Crippen LogP contribution in [0.4, 0.5) is 5.82 Å². The molecule has 1 rings (SSSR count). The largest absolute Gasteiger partial charge is 0.360 e. The van der Waals surface area contributed by atoms with Crippen LogP contribution in [0.5, 0.6) is 0 Å². The maximum absolute atomic E-state index is 11.8. The molecule has 0 fully saturated rings. The zero-order valence-corrected chi connectivity index (χ0v) is 15.0. The molecule has 1 aromatic heterocycles. The van der Waals surface area contributed by atoms with Crippen molar-refractivity contribution in [1.29, 1.82) is 0 Å². The summed E-state index contributed by atoms with van der Waals surface area (Å²) in [6.45, 7) is 6.80. The molecule has 0 aliphatic heterocycles. The molecule has 7 heteroatoms. The second-order valence-corrected chi connectivity index (χ2v) is 6.57. The van der Waals surface area contributed by atoms with Crippen molar-refractivity contribution in [2.75, 3.05) is 23.4 Å². The normalized spacial score (nSPS) is 12.0. The van der Waals surface area contributed by atoms with E-state index < -0.39 is 0 Å². The molecule has 130 valence electrons. The van der Waals surface area contributed by atoms with Crippen LogP contribution in [-0.2, 0) is 9.59 Å². The number of carbonyl (C=O) groups excluding carboxylic acids is 2. The third-order valence-electron chi connectivity index (χ3n) is 3.49. The van der Waals surface area contributed by atoms with Crippen LogP contribution >= 0.6 is 11.8 Å². The average molecular weight is 341 g/mol. The maximum atomic E-state index is 11.8. The summed E-state index contributed by atoms with van der Waals surface area (Å²) in [7, 11) is 0. The van der Waals surface area contributed by atoms with Gasteiger partial charge >= 0.3 is 0 Å². The summed E-state index contributed by atoms with van der Waals surface area (Å²) in [6, 6.07) is 1.65. The number of amides is 2. The van der Waals surface area contributed by atoms with Crippen molar-refractivity contribution in [3.05, 3.63) is 11.8 Å². The second kappa shape index (κ2) is 11.1. The van der Waals surface area contributed by atoms with Crippen molar-refractivity contribution < 1.29 is 14.1 Å². The molecule has 0 saturated carbocycles. The highest BCUT2D eigenvalue weighted by atomic mass is 32.2. The fourth-order valence-corrected chi connectivity index (χ4v) is 2.74. The molecular weight excluding hydrogens is 314 g/mol. The van der Waals surface area contributed by atoms with Crippen molar-refractivity contribution >= 4 is 29.4 Å². The van der Waals surface area contributed by atoms with Gasteiger partial charge in [-0.25, -0.2) is 0 Å². The average Bonchev–Trinajstić information content (AvgIpc) is 2.92. The molecule has 1 unspecified atom stereocenters. The van der Waals surface area contributed by atoms with Gasteiger partial charge < -0.3 is 15.2 Å². The van der Waals surface area contributed by atoms with Gasteiger partial charge in [0, 0.05) is 12.6 Å². The summed E-state index contributed by atoms with van der Waals surface area (Å²) in [5.41, 5.74) is 0. The Labute approximate surface area is 142 Å². The number of nitrogens with one attached hydrogen (secondary N) is 2.